The molecule has 10 N–H and O–H groups in total. The van der Waals surface area contributed by atoms with Gasteiger partial charge in [-0.05, 0) is 37.8 Å². The molecule has 54 heavy (non-hydrogen) atoms. The van der Waals surface area contributed by atoms with E-state index in [1.54, 1.807) is 13.0 Å². The number of esters is 1. The number of aromatic hydroxyl groups is 1. The highest BCUT2D eigenvalue weighted by molar-refractivity contribution is 5.94. The number of ketones is 1. The quantitative estimate of drug-likeness (QED) is 0.0424. The van der Waals surface area contributed by atoms with E-state index in [2.05, 4.69) is 0 Å². The Labute approximate surface area is 316 Å². The molecular weight excluding hydrogens is 712 g/mol. The molecule has 0 radical (unpaired) electrons. The Morgan fingerprint density at radius 1 is 0.778 bits per heavy atom. The number of aromatic carboxylic acids is 1. The number of phenols is 1. The number of carboxylic acid groups (broad SMARTS) is 1. The van der Waals surface area contributed by atoms with Gasteiger partial charge in [0.25, 0.3) is 0 Å². The maximum absolute atomic E-state index is 12.4. The number of benzene rings is 1. The number of carbonyl (C=O) groups is 3. The van der Waals surface area contributed by atoms with E-state index in [4.69, 9.17) is 14.2 Å². The van der Waals surface area contributed by atoms with Crippen LogP contribution in [-0.2, 0) is 30.2 Å². The highest BCUT2D eigenvalue weighted by atomic mass is 16.7. The number of hydrogen-bond donors (Lipinski definition) is 10. The minimum atomic E-state index is -2.19. The van der Waals surface area contributed by atoms with Crippen molar-refractivity contribution in [3.8, 4) is 5.75 Å². The number of rotatable bonds is 28. The van der Waals surface area contributed by atoms with Crippen LogP contribution >= 0.6 is 0 Å². The molecule has 1 aromatic carbocycles. The number of carbonyl (C=O) groups excluding carboxylic acids is 2. The smallest absolute Gasteiger partial charge is 0.339 e. The first-order valence-electron chi connectivity index (χ1n) is 19.1. The molecule has 2 rings (SSSR count). The molecule has 1 saturated heterocycles. The van der Waals surface area contributed by atoms with Gasteiger partial charge in [-0.2, -0.15) is 0 Å². The molecule has 1 aliphatic rings. The van der Waals surface area contributed by atoms with E-state index in [9.17, 15) is 65.4 Å². The zero-order valence-electron chi connectivity index (χ0n) is 31.2. The van der Waals surface area contributed by atoms with Gasteiger partial charge < -0.3 is 65.3 Å². The van der Waals surface area contributed by atoms with Gasteiger partial charge in [-0.15, -0.1) is 0 Å². The lowest BCUT2D eigenvalue weighted by molar-refractivity contribution is -0.322. The summed E-state index contributed by atoms with van der Waals surface area (Å²) in [6.07, 6.45) is -2.73. The van der Waals surface area contributed by atoms with E-state index < -0.39 is 86.4 Å². The summed E-state index contributed by atoms with van der Waals surface area (Å²) in [5, 5.41) is 99.1. The minimum Gasteiger partial charge on any atom is -0.507 e. The van der Waals surface area contributed by atoms with Gasteiger partial charge in [-0.1, -0.05) is 82.8 Å². The summed E-state index contributed by atoms with van der Waals surface area (Å²) in [6, 6.07) is 4.39. The Balaban J connectivity index is 1.50. The monoisotopic (exact) mass is 774 g/mol. The zero-order chi connectivity index (χ0) is 40.2. The number of ether oxygens (including phenoxy) is 3. The topological polar surface area (TPSA) is 281 Å². The largest absolute Gasteiger partial charge is 0.507 e. The predicted octanol–water partition coefficient (Wildman–Crippen LogP) is 1.25. The molecule has 0 spiro atoms. The van der Waals surface area contributed by atoms with Crippen LogP contribution in [0.1, 0.15) is 119 Å². The lowest BCUT2D eigenvalue weighted by Gasteiger charge is -2.41. The van der Waals surface area contributed by atoms with E-state index in [0.29, 0.717) is 18.4 Å². The molecule has 1 fully saturated rings. The van der Waals surface area contributed by atoms with Gasteiger partial charge in [0.2, 0.25) is 0 Å². The van der Waals surface area contributed by atoms with Gasteiger partial charge in [0.05, 0.1) is 19.3 Å². The second-order valence-electron chi connectivity index (χ2n) is 14.2. The molecule has 0 aromatic heterocycles. The van der Waals surface area contributed by atoms with Crippen molar-refractivity contribution in [3.05, 3.63) is 29.3 Å². The molecule has 1 aliphatic heterocycles. The van der Waals surface area contributed by atoms with Gasteiger partial charge in [0, 0.05) is 12.8 Å². The molecule has 0 amide bonds. The molecule has 0 saturated carbocycles. The molecule has 16 heteroatoms. The van der Waals surface area contributed by atoms with Crippen LogP contribution in [0, 0.1) is 0 Å². The Hall–Kier alpha value is -2.77. The molecule has 16 nitrogen and oxygen atoms in total. The van der Waals surface area contributed by atoms with Crippen LogP contribution in [0.3, 0.4) is 0 Å². The van der Waals surface area contributed by atoms with Crippen molar-refractivity contribution in [2.45, 2.75) is 171 Å². The van der Waals surface area contributed by atoms with E-state index in [-0.39, 0.29) is 23.5 Å². The molecule has 0 bridgehead atoms. The minimum absolute atomic E-state index is 0.00322. The number of hydrogen-bond acceptors (Lipinski definition) is 15. The number of aliphatic hydroxyl groups is 8. The summed E-state index contributed by atoms with van der Waals surface area (Å²) < 4.78 is 15.6. The second-order valence-corrected chi connectivity index (χ2v) is 14.2. The molecule has 10 atom stereocenters. The van der Waals surface area contributed by atoms with E-state index in [1.807, 2.05) is 0 Å². The van der Waals surface area contributed by atoms with Crippen molar-refractivity contribution >= 4 is 17.7 Å². The first kappa shape index (κ1) is 47.4. The Kier molecular flexibility index (Phi) is 22.3. The number of Topliss-reactive ketones (excluding diaryl/α,β-unsaturated/α-hetero) is 1. The van der Waals surface area contributed by atoms with Crippen LogP contribution in [0.25, 0.3) is 0 Å². The van der Waals surface area contributed by atoms with Gasteiger partial charge in [-0.25, -0.2) is 9.59 Å². The summed E-state index contributed by atoms with van der Waals surface area (Å²) in [5.74, 6) is -2.80. The second kappa shape index (κ2) is 25.4. The number of unbranched alkanes of at least 4 members (excludes halogenated alkanes) is 12. The summed E-state index contributed by atoms with van der Waals surface area (Å²) in [4.78, 5) is 36.1. The van der Waals surface area contributed by atoms with Crippen LogP contribution in [0.2, 0.25) is 0 Å². The Bertz CT molecular complexity index is 1240. The fraction of sp³-hybridized carbons (Fsp3) is 0.763. The summed E-state index contributed by atoms with van der Waals surface area (Å²) in [5.41, 5.74) is 0.125. The SMILES string of the molecule is C[C@H](CCCCCCCCCCCCCCCC(=O)Cc1cccc(O)c1C(=O)O)OC(=O)[C@@H](O)[C@@H](O)[C@H](O)[C@@H](CO)O[C@@H]1O[C@H](CO)[C@@H](O)[C@H](O)[C@H]1O. The Morgan fingerprint density at radius 2 is 1.33 bits per heavy atom. The van der Waals surface area contributed by atoms with E-state index >= 15 is 0 Å². The summed E-state index contributed by atoms with van der Waals surface area (Å²) >= 11 is 0. The highest BCUT2D eigenvalue weighted by Gasteiger charge is 2.46. The van der Waals surface area contributed by atoms with Crippen molar-refractivity contribution in [1.29, 1.82) is 0 Å². The van der Waals surface area contributed by atoms with Crippen LogP contribution in [0.4, 0.5) is 0 Å². The molecule has 1 aromatic rings. The van der Waals surface area contributed by atoms with Crippen molar-refractivity contribution in [2.75, 3.05) is 13.2 Å². The Morgan fingerprint density at radius 3 is 1.87 bits per heavy atom. The highest BCUT2D eigenvalue weighted by Crippen LogP contribution is 2.25. The summed E-state index contributed by atoms with van der Waals surface area (Å²) in [6.45, 7) is -0.0543. The zero-order valence-corrected chi connectivity index (χ0v) is 31.2. The average Bonchev–Trinajstić information content (AvgIpc) is 3.14. The lowest BCUT2D eigenvalue weighted by atomic mass is 9.98. The molecule has 0 aliphatic carbocycles. The lowest BCUT2D eigenvalue weighted by Crippen LogP contribution is -2.61. The molecule has 0 unspecified atom stereocenters. The first-order chi connectivity index (χ1) is 25.7. The van der Waals surface area contributed by atoms with Gasteiger partial charge >= 0.3 is 11.9 Å². The maximum Gasteiger partial charge on any atom is 0.339 e. The van der Waals surface area contributed by atoms with Crippen LogP contribution in [-0.4, -0.2) is 143 Å². The molecular formula is C38H62O16. The fourth-order valence-electron chi connectivity index (χ4n) is 6.44. The van der Waals surface area contributed by atoms with Gasteiger partial charge in [0.1, 0.15) is 59.8 Å². The third-order valence-corrected chi connectivity index (χ3v) is 9.75. The van der Waals surface area contributed by atoms with Crippen molar-refractivity contribution < 1.29 is 79.7 Å². The van der Waals surface area contributed by atoms with Crippen molar-refractivity contribution in [2.24, 2.45) is 0 Å². The van der Waals surface area contributed by atoms with Crippen LogP contribution in [0.15, 0.2) is 18.2 Å². The normalized spacial score (nSPS) is 22.9. The standard InChI is InChI=1S/C38H62O16/c1-23(52-37(51)34(47)32(45)30(43)27(21-39)53-38-35(48)33(46)31(44)28(22-40)54-38)16-13-11-9-7-5-3-2-4-6-8-10-12-14-18-25(41)20-24-17-15-19-26(42)29(24)36(49)50/h15,17,19,23,27-28,30-35,38-40,42-48H,2-14,16,18,20-22H2,1H3,(H,49,50)/t23-,27-,28-,30-,31-,32+,33+,34+,35-,38-/m1/s1. The fourth-order valence-corrected chi connectivity index (χ4v) is 6.44. The molecule has 1 heterocycles. The van der Waals surface area contributed by atoms with Gasteiger partial charge in [0.15, 0.2) is 12.4 Å². The predicted molar refractivity (Wildman–Crippen MR) is 192 cm³/mol. The summed E-state index contributed by atoms with van der Waals surface area (Å²) in [7, 11) is 0. The van der Waals surface area contributed by atoms with E-state index in [0.717, 1.165) is 83.5 Å². The van der Waals surface area contributed by atoms with E-state index in [1.165, 1.54) is 12.1 Å². The maximum atomic E-state index is 12.4. The molecule has 310 valence electrons. The van der Waals surface area contributed by atoms with Crippen molar-refractivity contribution in [3.63, 3.8) is 0 Å². The first-order valence-corrected chi connectivity index (χ1v) is 19.1. The van der Waals surface area contributed by atoms with Crippen molar-refractivity contribution in [1.82, 2.24) is 0 Å². The van der Waals surface area contributed by atoms with Crippen LogP contribution in [0.5, 0.6) is 5.75 Å². The third-order valence-electron chi connectivity index (χ3n) is 9.75. The van der Waals surface area contributed by atoms with Gasteiger partial charge in [-0.3, -0.25) is 4.79 Å². The number of carboxylic acids is 1. The van der Waals surface area contributed by atoms with Crippen LogP contribution < -0.4 is 0 Å². The third kappa shape index (κ3) is 15.8. The average molecular weight is 775 g/mol. The number of aliphatic hydroxyl groups excluding tert-OH is 8.